The molecule has 0 bridgehead atoms. The van der Waals surface area contributed by atoms with Crippen LogP contribution in [0, 0.1) is 0 Å². The minimum absolute atomic E-state index is 0.109. The van der Waals surface area contributed by atoms with Gasteiger partial charge in [0.2, 0.25) is 9.84 Å². The van der Waals surface area contributed by atoms with E-state index in [2.05, 4.69) is 25.9 Å². The summed E-state index contributed by atoms with van der Waals surface area (Å²) in [5, 5.41) is 9.90. The molecule has 0 aromatic heterocycles. The zero-order valence-electron chi connectivity index (χ0n) is 17.3. The summed E-state index contributed by atoms with van der Waals surface area (Å²) in [5.74, 6) is 0.109. The van der Waals surface area contributed by atoms with Gasteiger partial charge in [-0.15, -0.1) is 0 Å². The maximum absolute atomic E-state index is 13.0. The number of aromatic hydroxyl groups is 1. The molecule has 164 valence electrons. The van der Waals surface area contributed by atoms with Gasteiger partial charge in [-0.05, 0) is 72.3 Å². The quantitative estimate of drug-likeness (QED) is 0.296. The molecule has 0 unspecified atom stereocenters. The Hall–Kier alpha value is -3.55. The van der Waals surface area contributed by atoms with Crippen molar-refractivity contribution >= 4 is 49.6 Å². The average Bonchev–Trinajstić information content (AvgIpc) is 2.84. The molecule has 0 atom stereocenters. The monoisotopic (exact) mass is 518 g/mol. The van der Waals surface area contributed by atoms with Crippen molar-refractivity contribution in [1.29, 1.82) is 0 Å². The van der Waals surface area contributed by atoms with Gasteiger partial charge in [-0.2, -0.15) is 0 Å². The van der Waals surface area contributed by atoms with Gasteiger partial charge in [0.1, 0.15) is 5.75 Å². The highest BCUT2D eigenvalue weighted by Crippen LogP contribution is 2.26. The lowest BCUT2D eigenvalue weighted by atomic mass is 10.2. The molecule has 0 saturated carbocycles. The Morgan fingerprint density at radius 3 is 1.82 bits per heavy atom. The van der Waals surface area contributed by atoms with Crippen LogP contribution < -0.4 is 0 Å². The lowest BCUT2D eigenvalue weighted by molar-refractivity contribution is 0.474. The molecule has 5 nitrogen and oxygen atoms in total. The standard InChI is InChI=1S/C26H19BrN2O3S/c27-21-6-15-26(30)20(16-21)18-29-23-9-13-25(14-10-23)33(31,32)24-11-7-22(8-12-24)28-17-19-4-2-1-3-5-19/h1-18,30H. The normalized spacial score (nSPS) is 11.9. The predicted molar refractivity (Wildman–Crippen MR) is 135 cm³/mol. The molecule has 0 fully saturated rings. The molecular weight excluding hydrogens is 500 g/mol. The molecule has 4 rings (SSSR count). The van der Waals surface area contributed by atoms with Crippen LogP contribution in [0.5, 0.6) is 5.75 Å². The van der Waals surface area contributed by atoms with Crippen molar-refractivity contribution in [1.82, 2.24) is 0 Å². The number of benzene rings is 4. The van der Waals surface area contributed by atoms with Crippen molar-refractivity contribution in [2.45, 2.75) is 9.79 Å². The van der Waals surface area contributed by atoms with E-state index in [0.29, 0.717) is 16.9 Å². The van der Waals surface area contributed by atoms with Gasteiger partial charge >= 0.3 is 0 Å². The number of sulfone groups is 1. The number of halogens is 1. The molecule has 0 aliphatic rings. The van der Waals surface area contributed by atoms with E-state index in [1.807, 2.05) is 30.3 Å². The second-order valence-corrected chi connectivity index (χ2v) is 9.99. The number of phenols is 1. The Kier molecular flexibility index (Phi) is 6.82. The van der Waals surface area contributed by atoms with Crippen molar-refractivity contribution < 1.29 is 13.5 Å². The number of rotatable bonds is 6. The Morgan fingerprint density at radius 2 is 1.24 bits per heavy atom. The summed E-state index contributed by atoms with van der Waals surface area (Å²) < 4.78 is 26.8. The van der Waals surface area contributed by atoms with Crippen LogP contribution >= 0.6 is 15.9 Å². The molecule has 0 aliphatic carbocycles. The van der Waals surface area contributed by atoms with Crippen LogP contribution in [-0.2, 0) is 9.84 Å². The van der Waals surface area contributed by atoms with E-state index in [1.165, 1.54) is 18.3 Å². The Morgan fingerprint density at radius 1 is 0.697 bits per heavy atom. The molecule has 0 heterocycles. The average molecular weight is 519 g/mol. The first-order valence-corrected chi connectivity index (χ1v) is 12.3. The highest BCUT2D eigenvalue weighted by atomic mass is 79.9. The second-order valence-electron chi connectivity index (χ2n) is 7.12. The van der Waals surface area contributed by atoms with Crippen LogP contribution in [0.25, 0.3) is 0 Å². The van der Waals surface area contributed by atoms with Gasteiger partial charge in [0.15, 0.2) is 0 Å². The van der Waals surface area contributed by atoms with Crippen molar-refractivity contribution in [2.75, 3.05) is 0 Å². The molecule has 4 aromatic rings. The van der Waals surface area contributed by atoms with E-state index in [4.69, 9.17) is 0 Å². The van der Waals surface area contributed by atoms with E-state index in [1.54, 1.807) is 60.8 Å². The maximum Gasteiger partial charge on any atom is 0.206 e. The van der Waals surface area contributed by atoms with E-state index < -0.39 is 9.84 Å². The predicted octanol–water partition coefficient (Wildman–Crippen LogP) is 6.49. The van der Waals surface area contributed by atoms with Crippen LogP contribution in [0.15, 0.2) is 121 Å². The zero-order valence-corrected chi connectivity index (χ0v) is 19.7. The van der Waals surface area contributed by atoms with E-state index in [0.717, 1.165) is 10.0 Å². The number of aliphatic imine (C=N–C) groups is 2. The largest absolute Gasteiger partial charge is 0.507 e. The van der Waals surface area contributed by atoms with Gasteiger partial charge in [-0.1, -0.05) is 46.3 Å². The summed E-state index contributed by atoms with van der Waals surface area (Å²) >= 11 is 3.35. The van der Waals surface area contributed by atoms with Gasteiger partial charge in [-0.3, -0.25) is 9.98 Å². The summed E-state index contributed by atoms with van der Waals surface area (Å²) in [6.45, 7) is 0. The van der Waals surface area contributed by atoms with E-state index in [9.17, 15) is 13.5 Å². The van der Waals surface area contributed by atoms with Crippen LogP contribution in [0.1, 0.15) is 11.1 Å². The molecule has 7 heteroatoms. The van der Waals surface area contributed by atoms with Crippen molar-refractivity contribution in [3.8, 4) is 5.75 Å². The Balaban J connectivity index is 1.49. The van der Waals surface area contributed by atoms with Gasteiger partial charge in [-0.25, -0.2) is 8.42 Å². The fourth-order valence-electron chi connectivity index (χ4n) is 3.02. The minimum atomic E-state index is -3.67. The third kappa shape index (κ3) is 5.63. The smallest absolute Gasteiger partial charge is 0.206 e. The molecule has 0 saturated heterocycles. The Labute approximate surface area is 200 Å². The third-order valence-corrected chi connectivity index (χ3v) is 7.08. The first-order chi connectivity index (χ1) is 15.9. The second kappa shape index (κ2) is 9.94. The number of nitrogens with zero attached hydrogens (tertiary/aromatic N) is 2. The van der Waals surface area contributed by atoms with E-state index in [-0.39, 0.29) is 15.5 Å². The zero-order chi connectivity index (χ0) is 23.3. The lowest BCUT2D eigenvalue weighted by Gasteiger charge is -2.05. The van der Waals surface area contributed by atoms with Crippen molar-refractivity contribution in [3.05, 3.63) is 113 Å². The first kappa shape index (κ1) is 22.6. The summed E-state index contributed by atoms with van der Waals surface area (Å²) in [6, 6.07) is 27.4. The lowest BCUT2D eigenvalue weighted by Crippen LogP contribution is -2.01. The van der Waals surface area contributed by atoms with Crippen LogP contribution in [0.4, 0.5) is 11.4 Å². The molecule has 1 N–H and O–H groups in total. The molecule has 0 aliphatic heterocycles. The molecule has 0 radical (unpaired) electrons. The first-order valence-electron chi connectivity index (χ1n) is 9.99. The SMILES string of the molecule is O=S(=O)(c1ccc(N=Cc2ccccc2)cc1)c1ccc(N=Cc2cc(Br)ccc2O)cc1. The molecular formula is C26H19BrN2O3S. The third-order valence-electron chi connectivity index (χ3n) is 4.80. The summed E-state index contributed by atoms with van der Waals surface area (Å²) in [6.07, 6.45) is 3.26. The highest BCUT2D eigenvalue weighted by Gasteiger charge is 2.17. The molecule has 0 amide bonds. The number of phenolic OH excluding ortho intramolecular Hbond substituents is 1. The number of hydrogen-bond donors (Lipinski definition) is 1. The summed E-state index contributed by atoms with van der Waals surface area (Å²) in [4.78, 5) is 9.06. The van der Waals surface area contributed by atoms with Gasteiger partial charge < -0.3 is 5.11 Å². The molecule has 0 spiro atoms. The number of hydrogen-bond acceptors (Lipinski definition) is 5. The van der Waals surface area contributed by atoms with Gasteiger partial charge in [0, 0.05) is 22.5 Å². The maximum atomic E-state index is 13.0. The van der Waals surface area contributed by atoms with E-state index >= 15 is 0 Å². The molecule has 33 heavy (non-hydrogen) atoms. The fourth-order valence-corrected chi connectivity index (χ4v) is 4.66. The fraction of sp³-hybridized carbons (Fsp3) is 0. The Bertz CT molecular complexity index is 1420. The molecule has 4 aromatic carbocycles. The minimum Gasteiger partial charge on any atom is -0.507 e. The van der Waals surface area contributed by atoms with Crippen molar-refractivity contribution in [2.24, 2.45) is 9.98 Å². The van der Waals surface area contributed by atoms with Gasteiger partial charge in [0.25, 0.3) is 0 Å². The highest BCUT2D eigenvalue weighted by molar-refractivity contribution is 9.10. The van der Waals surface area contributed by atoms with Gasteiger partial charge in [0.05, 0.1) is 21.2 Å². The van der Waals surface area contributed by atoms with Crippen molar-refractivity contribution in [3.63, 3.8) is 0 Å². The van der Waals surface area contributed by atoms with Crippen LogP contribution in [0.2, 0.25) is 0 Å². The summed E-state index contributed by atoms with van der Waals surface area (Å²) in [7, 11) is -3.67. The topological polar surface area (TPSA) is 79.1 Å². The summed E-state index contributed by atoms with van der Waals surface area (Å²) in [5.41, 5.74) is 2.75. The van der Waals surface area contributed by atoms with Crippen LogP contribution in [-0.4, -0.2) is 26.0 Å². The van der Waals surface area contributed by atoms with Crippen LogP contribution in [0.3, 0.4) is 0 Å².